The normalized spacial score (nSPS) is 15.1. The SMILES string of the molecule is CCN1C(=O)CN(C)c2nc(NCc3ccc(CN4CCc5ccccc54)cc3)ncc21. The molecular formula is C25H28N6O. The highest BCUT2D eigenvalue weighted by atomic mass is 16.2. The van der Waals surface area contributed by atoms with Gasteiger partial charge < -0.3 is 20.0 Å². The maximum Gasteiger partial charge on any atom is 0.246 e. The van der Waals surface area contributed by atoms with Crippen LogP contribution in [0.3, 0.4) is 0 Å². The van der Waals surface area contributed by atoms with Gasteiger partial charge in [-0.3, -0.25) is 4.79 Å². The lowest BCUT2D eigenvalue weighted by Gasteiger charge is -2.33. The zero-order valence-electron chi connectivity index (χ0n) is 18.6. The van der Waals surface area contributed by atoms with E-state index in [1.54, 1.807) is 11.1 Å². The summed E-state index contributed by atoms with van der Waals surface area (Å²) in [5, 5.41) is 3.32. The Labute approximate surface area is 188 Å². The highest BCUT2D eigenvalue weighted by molar-refractivity contribution is 6.02. The summed E-state index contributed by atoms with van der Waals surface area (Å²) in [5.41, 5.74) is 6.05. The van der Waals surface area contributed by atoms with Crippen LogP contribution in [0.2, 0.25) is 0 Å². The number of para-hydroxylation sites is 1. The van der Waals surface area contributed by atoms with Crippen LogP contribution in [0.4, 0.5) is 23.1 Å². The summed E-state index contributed by atoms with van der Waals surface area (Å²) < 4.78 is 0. The van der Waals surface area contributed by atoms with Crippen molar-refractivity contribution in [2.75, 3.05) is 46.7 Å². The summed E-state index contributed by atoms with van der Waals surface area (Å²) in [7, 11) is 1.89. The maximum absolute atomic E-state index is 12.2. The molecular weight excluding hydrogens is 400 g/mol. The highest BCUT2D eigenvalue weighted by Gasteiger charge is 2.28. The second-order valence-corrected chi connectivity index (χ2v) is 8.37. The van der Waals surface area contributed by atoms with Gasteiger partial charge in [0.2, 0.25) is 11.9 Å². The second kappa shape index (κ2) is 8.49. The molecule has 0 saturated carbocycles. The molecule has 3 heterocycles. The van der Waals surface area contributed by atoms with Gasteiger partial charge in [-0.05, 0) is 36.1 Å². The molecule has 5 rings (SSSR count). The first-order chi connectivity index (χ1) is 15.6. The van der Waals surface area contributed by atoms with E-state index in [1.807, 2.05) is 18.9 Å². The number of carbonyl (C=O) groups excluding carboxylic acids is 1. The molecule has 0 fully saturated rings. The first-order valence-electron chi connectivity index (χ1n) is 11.2. The molecule has 2 aliphatic heterocycles. The first kappa shape index (κ1) is 20.3. The third-order valence-electron chi connectivity index (χ3n) is 6.22. The van der Waals surface area contributed by atoms with Crippen LogP contribution in [-0.2, 0) is 24.3 Å². The molecule has 0 bridgehead atoms. The predicted octanol–water partition coefficient (Wildman–Crippen LogP) is 3.45. The third kappa shape index (κ3) is 3.86. The van der Waals surface area contributed by atoms with Gasteiger partial charge in [-0.2, -0.15) is 4.98 Å². The van der Waals surface area contributed by atoms with E-state index in [0.29, 0.717) is 25.6 Å². The average molecular weight is 429 g/mol. The number of likely N-dealkylation sites (N-methyl/N-ethyl adjacent to an activating group) is 2. The summed E-state index contributed by atoms with van der Waals surface area (Å²) in [5.74, 6) is 1.42. The smallest absolute Gasteiger partial charge is 0.246 e. The maximum atomic E-state index is 12.2. The predicted molar refractivity (Wildman–Crippen MR) is 128 cm³/mol. The standard InChI is InChI=1S/C25H28N6O/c1-3-31-22-15-27-25(28-24(22)29(2)17-23(31)32)26-14-18-8-10-19(11-9-18)16-30-13-12-20-6-4-5-7-21(20)30/h4-11,15H,3,12-14,16-17H2,1-2H3,(H,26,27,28). The number of nitrogens with one attached hydrogen (secondary N) is 1. The fourth-order valence-electron chi connectivity index (χ4n) is 4.50. The van der Waals surface area contributed by atoms with Gasteiger partial charge >= 0.3 is 0 Å². The number of anilines is 4. The van der Waals surface area contributed by atoms with E-state index in [1.165, 1.54) is 22.4 Å². The number of carbonyl (C=O) groups is 1. The molecule has 32 heavy (non-hydrogen) atoms. The minimum Gasteiger partial charge on any atom is -0.367 e. The van der Waals surface area contributed by atoms with E-state index in [9.17, 15) is 4.79 Å². The van der Waals surface area contributed by atoms with Crippen LogP contribution in [0.5, 0.6) is 0 Å². The topological polar surface area (TPSA) is 64.6 Å². The first-order valence-corrected chi connectivity index (χ1v) is 11.2. The van der Waals surface area contributed by atoms with Crippen molar-refractivity contribution in [2.45, 2.75) is 26.4 Å². The molecule has 2 aromatic carbocycles. The lowest BCUT2D eigenvalue weighted by atomic mass is 10.1. The number of benzene rings is 2. The zero-order valence-corrected chi connectivity index (χ0v) is 18.6. The number of hydrogen-bond acceptors (Lipinski definition) is 6. The molecule has 1 aromatic heterocycles. The Kier molecular flexibility index (Phi) is 5.39. The van der Waals surface area contributed by atoms with Gasteiger partial charge in [0.15, 0.2) is 5.82 Å². The van der Waals surface area contributed by atoms with E-state index in [2.05, 4.69) is 68.7 Å². The molecule has 1 N–H and O–H groups in total. The van der Waals surface area contributed by atoms with Crippen LogP contribution in [0.1, 0.15) is 23.6 Å². The van der Waals surface area contributed by atoms with Gasteiger partial charge in [0.25, 0.3) is 0 Å². The van der Waals surface area contributed by atoms with Gasteiger partial charge in [0, 0.05) is 38.9 Å². The Morgan fingerprint density at radius 1 is 1.03 bits per heavy atom. The number of nitrogens with zero attached hydrogens (tertiary/aromatic N) is 5. The molecule has 2 aliphatic rings. The molecule has 0 aliphatic carbocycles. The molecule has 0 saturated heterocycles. The minimum atomic E-state index is 0.0734. The summed E-state index contributed by atoms with van der Waals surface area (Å²) in [6.45, 7) is 5.56. The number of hydrogen-bond donors (Lipinski definition) is 1. The van der Waals surface area contributed by atoms with Crippen molar-refractivity contribution >= 4 is 29.0 Å². The third-order valence-corrected chi connectivity index (χ3v) is 6.22. The van der Waals surface area contributed by atoms with Crippen molar-refractivity contribution in [1.82, 2.24) is 9.97 Å². The van der Waals surface area contributed by atoms with Crippen molar-refractivity contribution in [3.8, 4) is 0 Å². The van der Waals surface area contributed by atoms with Crippen LogP contribution in [0.15, 0.2) is 54.7 Å². The van der Waals surface area contributed by atoms with Crippen molar-refractivity contribution in [3.63, 3.8) is 0 Å². The Balaban J connectivity index is 1.23. The van der Waals surface area contributed by atoms with E-state index >= 15 is 0 Å². The van der Waals surface area contributed by atoms with Gasteiger partial charge in [-0.15, -0.1) is 0 Å². The summed E-state index contributed by atoms with van der Waals surface area (Å²) in [6, 6.07) is 17.4. The molecule has 7 heteroatoms. The van der Waals surface area contributed by atoms with Crippen molar-refractivity contribution in [2.24, 2.45) is 0 Å². The monoisotopic (exact) mass is 428 g/mol. The molecule has 1 amide bonds. The number of fused-ring (bicyclic) bond motifs is 2. The average Bonchev–Trinajstić information content (AvgIpc) is 3.22. The zero-order chi connectivity index (χ0) is 22.1. The highest BCUT2D eigenvalue weighted by Crippen LogP contribution is 2.31. The quantitative estimate of drug-likeness (QED) is 0.649. The molecule has 0 spiro atoms. The Morgan fingerprint density at radius 3 is 2.62 bits per heavy atom. The number of rotatable bonds is 6. The van der Waals surface area contributed by atoms with Crippen LogP contribution < -0.4 is 20.0 Å². The Morgan fingerprint density at radius 2 is 1.81 bits per heavy atom. The lowest BCUT2D eigenvalue weighted by Crippen LogP contribution is -2.44. The van der Waals surface area contributed by atoms with Gasteiger partial charge in [-0.25, -0.2) is 4.98 Å². The van der Waals surface area contributed by atoms with Crippen molar-refractivity contribution in [1.29, 1.82) is 0 Å². The largest absolute Gasteiger partial charge is 0.367 e. The number of amides is 1. The minimum absolute atomic E-state index is 0.0734. The Hall–Kier alpha value is -3.61. The summed E-state index contributed by atoms with van der Waals surface area (Å²) in [4.78, 5) is 27.3. The van der Waals surface area contributed by atoms with E-state index < -0.39 is 0 Å². The van der Waals surface area contributed by atoms with Gasteiger partial charge in [0.05, 0.1) is 12.7 Å². The molecule has 0 unspecified atom stereocenters. The van der Waals surface area contributed by atoms with E-state index in [4.69, 9.17) is 0 Å². The van der Waals surface area contributed by atoms with Crippen LogP contribution in [0.25, 0.3) is 0 Å². The van der Waals surface area contributed by atoms with Crippen LogP contribution >= 0.6 is 0 Å². The molecule has 7 nitrogen and oxygen atoms in total. The van der Waals surface area contributed by atoms with Crippen molar-refractivity contribution in [3.05, 3.63) is 71.4 Å². The fourth-order valence-corrected chi connectivity index (χ4v) is 4.50. The fraction of sp³-hybridized carbons (Fsp3) is 0.320. The molecule has 3 aromatic rings. The van der Waals surface area contributed by atoms with Crippen molar-refractivity contribution < 1.29 is 4.79 Å². The summed E-state index contributed by atoms with van der Waals surface area (Å²) >= 11 is 0. The second-order valence-electron chi connectivity index (χ2n) is 8.37. The molecule has 0 atom stereocenters. The lowest BCUT2D eigenvalue weighted by molar-refractivity contribution is -0.117. The van der Waals surface area contributed by atoms with Gasteiger partial charge in [0.1, 0.15) is 5.69 Å². The van der Waals surface area contributed by atoms with Crippen LogP contribution in [0, 0.1) is 0 Å². The van der Waals surface area contributed by atoms with E-state index in [-0.39, 0.29) is 5.91 Å². The number of aromatic nitrogens is 2. The Bertz CT molecular complexity index is 1130. The van der Waals surface area contributed by atoms with Gasteiger partial charge in [-0.1, -0.05) is 42.5 Å². The summed E-state index contributed by atoms with van der Waals surface area (Å²) in [6.07, 6.45) is 2.86. The molecule has 0 radical (unpaired) electrons. The van der Waals surface area contributed by atoms with Crippen LogP contribution in [-0.4, -0.2) is 42.6 Å². The van der Waals surface area contributed by atoms with E-state index in [0.717, 1.165) is 31.0 Å². The molecule has 164 valence electrons.